The number of rotatable bonds is 5. The maximum absolute atomic E-state index is 12.9. The van der Waals surface area contributed by atoms with Crippen LogP contribution < -0.4 is 0 Å². The van der Waals surface area contributed by atoms with E-state index in [0.29, 0.717) is 4.09 Å². The topological polar surface area (TPSA) is 131 Å². The van der Waals surface area contributed by atoms with Gasteiger partial charge in [-0.05, 0) is 30.3 Å². The Balaban J connectivity index is 1.89. The molecule has 0 radical (unpaired) electrons. The monoisotopic (exact) mass is 363 g/mol. The molecular formula is C14H10FN5O4S. The molecule has 0 bridgehead atoms. The van der Waals surface area contributed by atoms with E-state index in [-0.39, 0.29) is 16.4 Å². The van der Waals surface area contributed by atoms with E-state index >= 15 is 0 Å². The number of carbonyl (C=O) groups is 1. The molecule has 1 aromatic carbocycles. The third-order valence-electron chi connectivity index (χ3n) is 3.10. The highest BCUT2D eigenvalue weighted by atomic mass is 32.2. The van der Waals surface area contributed by atoms with Crippen molar-refractivity contribution in [3.63, 3.8) is 0 Å². The number of aliphatic hydroxyl groups excluding tert-OH is 1. The zero-order valence-electron chi connectivity index (χ0n) is 12.4. The second kappa shape index (κ2) is 6.28. The van der Waals surface area contributed by atoms with Gasteiger partial charge in [0, 0.05) is 12.3 Å². The summed E-state index contributed by atoms with van der Waals surface area (Å²) in [5.74, 6) is -1.88. The quantitative estimate of drug-likeness (QED) is 0.395. The summed E-state index contributed by atoms with van der Waals surface area (Å²) in [5, 5.41) is 19.5. The molecule has 9 nitrogen and oxygen atoms in total. The Kier molecular flexibility index (Phi) is 4.15. The fourth-order valence-electron chi connectivity index (χ4n) is 1.88. The molecule has 3 aromatic rings. The highest BCUT2D eigenvalue weighted by Gasteiger charge is 2.19. The number of halogens is 1. The summed E-state index contributed by atoms with van der Waals surface area (Å²) < 4.78 is 38.3. The van der Waals surface area contributed by atoms with Gasteiger partial charge in [-0.25, -0.2) is 9.37 Å². The van der Waals surface area contributed by atoms with Gasteiger partial charge in [-0.3, -0.25) is 9.89 Å². The number of aromatic amines is 1. The smallest absolute Gasteiger partial charge is 0.282 e. The van der Waals surface area contributed by atoms with Gasteiger partial charge in [-0.15, -0.1) is 0 Å². The first-order valence-electron chi connectivity index (χ1n) is 6.75. The predicted octanol–water partition coefficient (Wildman–Crippen LogP) is 1.16. The number of nitrogens with one attached hydrogen (secondary N) is 1. The summed E-state index contributed by atoms with van der Waals surface area (Å²) in [7, 11) is -4.05. The molecule has 0 saturated heterocycles. The van der Waals surface area contributed by atoms with Crippen molar-refractivity contribution in [2.24, 2.45) is 0 Å². The predicted molar refractivity (Wildman–Crippen MR) is 82.5 cm³/mol. The number of carbonyl (C=O) groups excluding carboxylic acids is 1. The lowest BCUT2D eigenvalue weighted by atomic mass is 10.2. The zero-order valence-corrected chi connectivity index (χ0v) is 13.2. The van der Waals surface area contributed by atoms with Crippen LogP contribution in [0.2, 0.25) is 0 Å². The number of benzene rings is 1. The molecule has 25 heavy (non-hydrogen) atoms. The lowest BCUT2D eigenvalue weighted by Crippen LogP contribution is -2.14. The van der Waals surface area contributed by atoms with E-state index in [1.54, 1.807) is 0 Å². The Bertz CT molecular complexity index is 1040. The average Bonchev–Trinajstić information content (AvgIpc) is 3.27. The summed E-state index contributed by atoms with van der Waals surface area (Å²) in [6, 6.07) is 5.40. The van der Waals surface area contributed by atoms with Crippen molar-refractivity contribution in [1.82, 2.24) is 24.4 Å². The zero-order chi connectivity index (χ0) is 18.0. The summed E-state index contributed by atoms with van der Waals surface area (Å²) in [4.78, 5) is 15.2. The first kappa shape index (κ1) is 16.5. The molecule has 0 aliphatic carbocycles. The van der Waals surface area contributed by atoms with Crippen LogP contribution in [-0.4, -0.2) is 43.7 Å². The molecule has 2 aromatic heterocycles. The molecule has 2 heterocycles. The van der Waals surface area contributed by atoms with Gasteiger partial charge in [-0.1, -0.05) is 0 Å². The normalized spacial score (nSPS) is 12.3. The van der Waals surface area contributed by atoms with E-state index in [2.05, 4.69) is 20.3 Å². The average molecular weight is 363 g/mol. The van der Waals surface area contributed by atoms with Crippen molar-refractivity contribution in [2.75, 3.05) is 0 Å². The molecule has 11 heteroatoms. The molecule has 0 aliphatic rings. The molecule has 0 aliphatic heterocycles. The second-order valence-electron chi connectivity index (χ2n) is 4.76. The Morgan fingerprint density at radius 3 is 2.60 bits per heavy atom. The maximum Gasteiger partial charge on any atom is 0.282 e. The number of ketones is 1. The van der Waals surface area contributed by atoms with Gasteiger partial charge in [-0.2, -0.15) is 22.7 Å². The molecular weight excluding hydrogens is 353 g/mol. The van der Waals surface area contributed by atoms with Crippen molar-refractivity contribution < 1.29 is 22.7 Å². The molecule has 0 fully saturated rings. The minimum absolute atomic E-state index is 0.0927. The number of aliphatic hydroxyl groups is 1. The lowest BCUT2D eigenvalue weighted by molar-refractivity contribution is 0.103. The second-order valence-corrected chi connectivity index (χ2v) is 6.56. The van der Waals surface area contributed by atoms with E-state index in [9.17, 15) is 22.7 Å². The third-order valence-corrected chi connectivity index (χ3v) is 4.67. The Morgan fingerprint density at radius 2 is 1.96 bits per heavy atom. The van der Waals surface area contributed by atoms with Gasteiger partial charge in [0.25, 0.3) is 10.0 Å². The van der Waals surface area contributed by atoms with Gasteiger partial charge in [0.05, 0.1) is 4.90 Å². The third kappa shape index (κ3) is 3.30. The molecule has 0 amide bonds. The van der Waals surface area contributed by atoms with Crippen LogP contribution in [0.1, 0.15) is 16.3 Å². The molecule has 2 N–H and O–H groups in total. The largest absolute Gasteiger partial charge is 0.505 e. The van der Waals surface area contributed by atoms with Crippen LogP contribution in [0.15, 0.2) is 53.8 Å². The SMILES string of the molecule is O=C(C=C(O)c1ccn(S(=O)(=O)c2ccc(F)cc2)n1)c1ncn[nH]1. The Hall–Kier alpha value is -3.34. The summed E-state index contributed by atoms with van der Waals surface area (Å²) in [6.45, 7) is 0. The van der Waals surface area contributed by atoms with Crippen LogP contribution in [0, 0.1) is 5.82 Å². The number of allylic oxidation sites excluding steroid dienone is 1. The summed E-state index contributed by atoms with van der Waals surface area (Å²) >= 11 is 0. The van der Waals surface area contributed by atoms with Gasteiger partial charge >= 0.3 is 0 Å². The highest BCUT2D eigenvalue weighted by molar-refractivity contribution is 7.89. The number of nitrogens with zero attached hydrogens (tertiary/aromatic N) is 4. The lowest BCUT2D eigenvalue weighted by Gasteiger charge is -2.03. The van der Waals surface area contributed by atoms with Crippen LogP contribution in [0.25, 0.3) is 5.76 Å². The van der Waals surface area contributed by atoms with Crippen molar-refractivity contribution in [2.45, 2.75) is 4.90 Å². The molecule has 0 atom stereocenters. The van der Waals surface area contributed by atoms with Crippen LogP contribution in [0.3, 0.4) is 0 Å². The van der Waals surface area contributed by atoms with Crippen LogP contribution in [0.5, 0.6) is 0 Å². The summed E-state index contributed by atoms with van der Waals surface area (Å²) in [6.07, 6.45) is 3.05. The molecule has 128 valence electrons. The minimum atomic E-state index is -4.05. The number of aromatic nitrogens is 5. The fraction of sp³-hybridized carbons (Fsp3) is 0. The van der Waals surface area contributed by atoms with E-state index < -0.39 is 27.4 Å². The first-order valence-corrected chi connectivity index (χ1v) is 8.19. The van der Waals surface area contributed by atoms with Crippen LogP contribution >= 0.6 is 0 Å². The molecule has 0 unspecified atom stereocenters. The van der Waals surface area contributed by atoms with E-state index in [1.165, 1.54) is 6.07 Å². The summed E-state index contributed by atoms with van der Waals surface area (Å²) in [5.41, 5.74) is -0.140. The van der Waals surface area contributed by atoms with Crippen molar-refractivity contribution in [3.05, 3.63) is 66.3 Å². The first-order chi connectivity index (χ1) is 11.9. The van der Waals surface area contributed by atoms with Gasteiger partial charge < -0.3 is 5.11 Å². The van der Waals surface area contributed by atoms with Crippen LogP contribution in [0.4, 0.5) is 4.39 Å². The number of hydrogen-bond acceptors (Lipinski definition) is 7. The Morgan fingerprint density at radius 1 is 1.24 bits per heavy atom. The van der Waals surface area contributed by atoms with Gasteiger partial charge in [0.2, 0.25) is 5.78 Å². The standard InChI is InChI=1S/C14H10FN5O4S/c15-9-1-3-10(4-2-9)25(23,24)20-6-5-11(19-20)12(21)7-13(22)14-16-8-17-18-14/h1-8,21H,(H,16,17,18). The van der Waals surface area contributed by atoms with Crippen molar-refractivity contribution >= 4 is 21.6 Å². The highest BCUT2D eigenvalue weighted by Crippen LogP contribution is 2.16. The Labute approximate surface area is 140 Å². The number of hydrogen-bond donors (Lipinski definition) is 2. The van der Waals surface area contributed by atoms with Crippen LogP contribution in [-0.2, 0) is 10.0 Å². The van der Waals surface area contributed by atoms with Gasteiger partial charge in [0.1, 0.15) is 23.6 Å². The fourth-order valence-corrected chi connectivity index (χ4v) is 3.00. The van der Waals surface area contributed by atoms with E-state index in [0.717, 1.165) is 42.9 Å². The van der Waals surface area contributed by atoms with Crippen molar-refractivity contribution in [3.8, 4) is 0 Å². The molecule has 0 saturated carbocycles. The van der Waals surface area contributed by atoms with E-state index in [1.807, 2.05) is 0 Å². The molecule has 3 rings (SSSR count). The minimum Gasteiger partial charge on any atom is -0.505 e. The molecule has 0 spiro atoms. The maximum atomic E-state index is 12.9. The number of H-pyrrole nitrogens is 1. The van der Waals surface area contributed by atoms with Crippen molar-refractivity contribution in [1.29, 1.82) is 0 Å². The van der Waals surface area contributed by atoms with Gasteiger partial charge in [0.15, 0.2) is 5.82 Å². The van der Waals surface area contributed by atoms with E-state index in [4.69, 9.17) is 0 Å².